The number of carbonyl (C=O) groups excluding carboxylic acids is 1. The van der Waals surface area contributed by atoms with Crippen LogP contribution in [0.25, 0.3) is 0 Å². The number of amides is 1. The third kappa shape index (κ3) is 3.95. The van der Waals surface area contributed by atoms with Gasteiger partial charge in [-0.15, -0.1) is 0 Å². The summed E-state index contributed by atoms with van der Waals surface area (Å²) in [6, 6.07) is 5.72. The van der Waals surface area contributed by atoms with Crippen LogP contribution in [0.3, 0.4) is 0 Å². The van der Waals surface area contributed by atoms with Crippen LogP contribution in [0, 0.1) is 10.5 Å². The number of hydrogen-bond acceptors (Lipinski definition) is 2. The zero-order valence-corrected chi connectivity index (χ0v) is 13.5. The summed E-state index contributed by atoms with van der Waals surface area (Å²) >= 11 is 2.20. The van der Waals surface area contributed by atoms with Gasteiger partial charge in [-0.05, 0) is 61.9 Å². The number of nitrogens with zero attached hydrogens (tertiary/aromatic N) is 1. The average molecular weight is 361 g/mol. The molecule has 0 spiro atoms. The molecule has 4 heteroatoms. The van der Waals surface area contributed by atoms with Crippen LogP contribution in [-0.2, 0) is 0 Å². The third-order valence-electron chi connectivity index (χ3n) is 2.67. The molecule has 0 bridgehead atoms. The van der Waals surface area contributed by atoms with Crippen LogP contribution in [0.15, 0.2) is 18.2 Å². The minimum absolute atomic E-state index is 0.0206. The molecular weight excluding hydrogens is 341 g/mol. The molecule has 0 radical (unpaired) electrons. The van der Waals surface area contributed by atoms with Crippen molar-refractivity contribution in [3.8, 4) is 0 Å². The van der Waals surface area contributed by atoms with Crippen molar-refractivity contribution in [2.24, 2.45) is 0 Å². The van der Waals surface area contributed by atoms with Gasteiger partial charge in [0.1, 0.15) is 0 Å². The molecule has 1 amide bonds. The Morgan fingerprint density at radius 1 is 1.44 bits per heavy atom. The molecule has 1 aromatic carbocycles. The van der Waals surface area contributed by atoms with Crippen molar-refractivity contribution in [3.63, 3.8) is 0 Å². The highest BCUT2D eigenvalue weighted by Gasteiger charge is 2.23. The Morgan fingerprint density at radius 3 is 2.56 bits per heavy atom. The summed E-state index contributed by atoms with van der Waals surface area (Å²) < 4.78 is 0.981. The van der Waals surface area contributed by atoms with Crippen LogP contribution in [0.2, 0.25) is 0 Å². The lowest BCUT2D eigenvalue weighted by molar-refractivity contribution is 0.0314. The van der Waals surface area contributed by atoms with Crippen molar-refractivity contribution in [2.45, 2.75) is 33.3 Å². The van der Waals surface area contributed by atoms with Gasteiger partial charge >= 0.3 is 0 Å². The van der Waals surface area contributed by atoms with Gasteiger partial charge in [0, 0.05) is 16.7 Å². The normalized spacial score (nSPS) is 11.4. The SMILES string of the molecule is CCN(CC(C)(C)O)C(=O)c1cccc(C)c1I. The fraction of sp³-hybridized carbons (Fsp3) is 0.500. The quantitative estimate of drug-likeness (QED) is 0.838. The van der Waals surface area contributed by atoms with E-state index in [1.165, 1.54) is 0 Å². The zero-order valence-electron chi connectivity index (χ0n) is 11.3. The van der Waals surface area contributed by atoms with E-state index in [4.69, 9.17) is 0 Å². The van der Waals surface area contributed by atoms with Gasteiger partial charge in [-0.3, -0.25) is 4.79 Å². The molecule has 1 aromatic rings. The molecule has 0 atom stereocenters. The summed E-state index contributed by atoms with van der Waals surface area (Å²) in [7, 11) is 0. The van der Waals surface area contributed by atoms with E-state index in [1.54, 1.807) is 18.7 Å². The Hall–Kier alpha value is -0.620. The molecule has 100 valence electrons. The number of rotatable bonds is 4. The lowest BCUT2D eigenvalue weighted by atomic mass is 10.1. The molecule has 1 rings (SSSR count). The van der Waals surface area contributed by atoms with Crippen molar-refractivity contribution in [3.05, 3.63) is 32.9 Å². The molecule has 0 aromatic heterocycles. The second kappa shape index (κ2) is 6.02. The first-order chi connectivity index (χ1) is 8.26. The summed E-state index contributed by atoms with van der Waals surface area (Å²) in [5.74, 6) is -0.0206. The van der Waals surface area contributed by atoms with E-state index in [0.717, 1.165) is 9.13 Å². The predicted molar refractivity (Wildman–Crippen MR) is 81.8 cm³/mol. The van der Waals surface area contributed by atoms with Gasteiger partial charge in [-0.2, -0.15) is 0 Å². The molecule has 0 aliphatic carbocycles. The minimum atomic E-state index is -0.874. The zero-order chi connectivity index (χ0) is 13.9. The van der Waals surface area contributed by atoms with Crippen molar-refractivity contribution in [2.75, 3.05) is 13.1 Å². The van der Waals surface area contributed by atoms with E-state index in [-0.39, 0.29) is 5.91 Å². The maximum Gasteiger partial charge on any atom is 0.255 e. The Bertz CT molecular complexity index is 438. The van der Waals surface area contributed by atoms with E-state index >= 15 is 0 Å². The van der Waals surface area contributed by atoms with E-state index in [1.807, 2.05) is 32.0 Å². The summed E-state index contributed by atoms with van der Waals surface area (Å²) in [4.78, 5) is 14.1. The standard InChI is InChI=1S/C14H20INO2/c1-5-16(9-14(3,4)18)13(17)11-8-6-7-10(2)12(11)15/h6-8,18H,5,9H2,1-4H3. The third-order valence-corrected chi connectivity index (χ3v) is 4.10. The maximum absolute atomic E-state index is 12.4. The second-order valence-corrected chi connectivity index (χ2v) is 6.15. The number of benzene rings is 1. The van der Waals surface area contributed by atoms with Crippen LogP contribution >= 0.6 is 22.6 Å². The monoisotopic (exact) mass is 361 g/mol. The molecule has 0 saturated carbocycles. The molecule has 0 unspecified atom stereocenters. The molecular formula is C14H20INO2. The first-order valence-electron chi connectivity index (χ1n) is 6.03. The van der Waals surface area contributed by atoms with Crippen LogP contribution in [-0.4, -0.2) is 34.6 Å². The Labute approximate surface area is 122 Å². The van der Waals surface area contributed by atoms with E-state index in [2.05, 4.69) is 22.6 Å². The minimum Gasteiger partial charge on any atom is -0.389 e. The predicted octanol–water partition coefficient (Wildman–Crippen LogP) is 2.83. The largest absolute Gasteiger partial charge is 0.389 e. The van der Waals surface area contributed by atoms with Gasteiger partial charge in [0.25, 0.3) is 5.91 Å². The van der Waals surface area contributed by atoms with Crippen LogP contribution in [0.1, 0.15) is 36.7 Å². The van der Waals surface area contributed by atoms with Gasteiger partial charge in [0.2, 0.25) is 0 Å². The highest BCUT2D eigenvalue weighted by Crippen LogP contribution is 2.19. The van der Waals surface area contributed by atoms with Crippen molar-refractivity contribution in [1.29, 1.82) is 0 Å². The van der Waals surface area contributed by atoms with Crippen LogP contribution in [0.5, 0.6) is 0 Å². The number of carbonyl (C=O) groups is 1. The van der Waals surface area contributed by atoms with Crippen molar-refractivity contribution < 1.29 is 9.90 Å². The molecule has 0 aliphatic rings. The number of aliphatic hydroxyl groups is 1. The molecule has 18 heavy (non-hydrogen) atoms. The fourth-order valence-corrected chi connectivity index (χ4v) is 2.37. The topological polar surface area (TPSA) is 40.5 Å². The molecule has 1 N–H and O–H groups in total. The van der Waals surface area contributed by atoms with E-state index in [9.17, 15) is 9.90 Å². The van der Waals surface area contributed by atoms with Crippen molar-refractivity contribution in [1.82, 2.24) is 4.90 Å². The summed E-state index contributed by atoms with van der Waals surface area (Å²) in [5, 5.41) is 9.84. The van der Waals surface area contributed by atoms with Crippen molar-refractivity contribution >= 4 is 28.5 Å². The van der Waals surface area contributed by atoms with Gasteiger partial charge in [0.05, 0.1) is 11.2 Å². The number of likely N-dealkylation sites (N-methyl/N-ethyl adjacent to an activating group) is 1. The first kappa shape index (κ1) is 15.4. The highest BCUT2D eigenvalue weighted by atomic mass is 127. The number of halogens is 1. The Morgan fingerprint density at radius 2 is 2.06 bits per heavy atom. The first-order valence-corrected chi connectivity index (χ1v) is 7.11. The molecule has 0 fully saturated rings. The number of aryl methyl sites for hydroxylation is 1. The second-order valence-electron chi connectivity index (χ2n) is 5.07. The van der Waals surface area contributed by atoms with Gasteiger partial charge < -0.3 is 10.0 Å². The highest BCUT2D eigenvalue weighted by molar-refractivity contribution is 14.1. The average Bonchev–Trinajstić information content (AvgIpc) is 2.27. The summed E-state index contributed by atoms with van der Waals surface area (Å²) in [6.45, 7) is 8.27. The molecule has 0 heterocycles. The Kier molecular flexibility index (Phi) is 5.16. The van der Waals surface area contributed by atoms with Crippen LogP contribution < -0.4 is 0 Å². The van der Waals surface area contributed by atoms with Crippen LogP contribution in [0.4, 0.5) is 0 Å². The molecule has 0 aliphatic heterocycles. The lowest BCUT2D eigenvalue weighted by Crippen LogP contribution is -2.42. The lowest BCUT2D eigenvalue weighted by Gasteiger charge is -2.28. The van der Waals surface area contributed by atoms with Gasteiger partial charge in [0.15, 0.2) is 0 Å². The Balaban J connectivity index is 3.01. The number of hydrogen-bond donors (Lipinski definition) is 1. The maximum atomic E-state index is 12.4. The summed E-state index contributed by atoms with van der Waals surface area (Å²) in [6.07, 6.45) is 0. The van der Waals surface area contributed by atoms with E-state index < -0.39 is 5.60 Å². The van der Waals surface area contributed by atoms with E-state index in [0.29, 0.717) is 18.7 Å². The molecule has 3 nitrogen and oxygen atoms in total. The summed E-state index contributed by atoms with van der Waals surface area (Å²) in [5.41, 5.74) is 0.934. The smallest absolute Gasteiger partial charge is 0.255 e. The molecule has 0 saturated heterocycles. The van der Waals surface area contributed by atoms with Gasteiger partial charge in [-0.1, -0.05) is 12.1 Å². The van der Waals surface area contributed by atoms with Gasteiger partial charge in [-0.25, -0.2) is 0 Å². The fourth-order valence-electron chi connectivity index (χ4n) is 1.78.